The molecule has 1 aromatic carbocycles. The van der Waals surface area contributed by atoms with Gasteiger partial charge in [0.05, 0.1) is 5.56 Å². The van der Waals surface area contributed by atoms with Crippen LogP contribution in [0, 0.1) is 5.92 Å². The summed E-state index contributed by atoms with van der Waals surface area (Å²) in [5, 5.41) is 0. The average molecular weight is 204 g/mol. The van der Waals surface area contributed by atoms with Crippen LogP contribution in [-0.2, 0) is 9.59 Å². The second kappa shape index (κ2) is 3.31. The molecule has 15 heavy (non-hydrogen) atoms. The van der Waals surface area contributed by atoms with E-state index in [4.69, 9.17) is 4.74 Å². The van der Waals surface area contributed by atoms with E-state index in [1.54, 1.807) is 18.2 Å². The number of fused-ring (bicyclic) bond motifs is 1. The van der Waals surface area contributed by atoms with Gasteiger partial charge in [-0.1, -0.05) is 12.1 Å². The Labute approximate surface area is 85.8 Å². The fourth-order valence-corrected chi connectivity index (χ4v) is 1.54. The van der Waals surface area contributed by atoms with Gasteiger partial charge in [-0.05, 0) is 19.1 Å². The van der Waals surface area contributed by atoms with Crippen molar-refractivity contribution < 1.29 is 19.1 Å². The van der Waals surface area contributed by atoms with Crippen LogP contribution in [0.2, 0.25) is 0 Å². The first kappa shape index (κ1) is 9.58. The number of para-hydroxylation sites is 1. The first-order chi connectivity index (χ1) is 7.11. The molecule has 0 amide bonds. The van der Waals surface area contributed by atoms with Crippen LogP contribution in [0.1, 0.15) is 17.3 Å². The normalized spacial score (nSPS) is 19.4. The molecular formula is C11H8O4. The molecule has 4 heteroatoms. The Kier molecular flexibility index (Phi) is 2.11. The van der Waals surface area contributed by atoms with Crippen LogP contribution in [0.5, 0.6) is 5.75 Å². The van der Waals surface area contributed by atoms with Crippen LogP contribution in [0.4, 0.5) is 0 Å². The van der Waals surface area contributed by atoms with E-state index in [2.05, 4.69) is 0 Å². The van der Waals surface area contributed by atoms with Gasteiger partial charge in [0.25, 0.3) is 0 Å². The van der Waals surface area contributed by atoms with Gasteiger partial charge in [-0.2, -0.15) is 0 Å². The number of Topliss-reactive ketones (excluding diaryl/α,β-unsaturated/α-hetero) is 2. The summed E-state index contributed by atoms with van der Waals surface area (Å²) in [6.07, 6.45) is 0. The maximum atomic E-state index is 11.7. The highest BCUT2D eigenvalue weighted by Gasteiger charge is 2.39. The molecule has 1 aliphatic heterocycles. The number of ketones is 2. The second-order valence-electron chi connectivity index (χ2n) is 3.33. The van der Waals surface area contributed by atoms with Crippen molar-refractivity contribution in [3.8, 4) is 5.75 Å². The topological polar surface area (TPSA) is 60.4 Å². The molecule has 1 aliphatic rings. The number of ether oxygens (including phenoxy) is 1. The molecule has 0 saturated heterocycles. The fraction of sp³-hybridized carbons (Fsp3) is 0.182. The van der Waals surface area contributed by atoms with Crippen molar-refractivity contribution in [3.05, 3.63) is 29.8 Å². The zero-order valence-corrected chi connectivity index (χ0v) is 8.02. The standard InChI is InChI=1S/C11H8O4/c1-6(12)9-10(13)7-4-2-3-5-8(7)15-11(9)14/h2-5,9H,1H3. The van der Waals surface area contributed by atoms with Crippen LogP contribution in [0.3, 0.4) is 0 Å². The van der Waals surface area contributed by atoms with E-state index in [0.29, 0.717) is 0 Å². The third kappa shape index (κ3) is 1.44. The maximum absolute atomic E-state index is 11.7. The van der Waals surface area contributed by atoms with Gasteiger partial charge in [0.15, 0.2) is 17.5 Å². The average Bonchev–Trinajstić information content (AvgIpc) is 2.17. The minimum atomic E-state index is -1.29. The Morgan fingerprint density at radius 1 is 1.27 bits per heavy atom. The summed E-state index contributed by atoms with van der Waals surface area (Å²) in [5.74, 6) is -2.81. The highest BCUT2D eigenvalue weighted by atomic mass is 16.5. The molecule has 0 saturated carbocycles. The van der Waals surface area contributed by atoms with Gasteiger partial charge < -0.3 is 4.74 Å². The first-order valence-corrected chi connectivity index (χ1v) is 4.46. The summed E-state index contributed by atoms with van der Waals surface area (Å²) in [7, 11) is 0. The van der Waals surface area contributed by atoms with Crippen molar-refractivity contribution in [1.82, 2.24) is 0 Å². The first-order valence-electron chi connectivity index (χ1n) is 4.46. The number of benzene rings is 1. The summed E-state index contributed by atoms with van der Waals surface area (Å²) in [5.41, 5.74) is 0.289. The Balaban J connectivity index is 2.52. The number of carbonyl (C=O) groups excluding carboxylic acids is 3. The predicted octanol–water partition coefficient (Wildman–Crippen LogP) is 0.994. The zero-order chi connectivity index (χ0) is 11.0. The molecule has 4 nitrogen and oxygen atoms in total. The molecule has 0 spiro atoms. The van der Waals surface area contributed by atoms with Crippen molar-refractivity contribution in [2.24, 2.45) is 5.92 Å². The van der Waals surface area contributed by atoms with Gasteiger partial charge in [0.1, 0.15) is 5.75 Å². The SMILES string of the molecule is CC(=O)C1C(=O)Oc2ccccc2C1=O. The van der Waals surface area contributed by atoms with Gasteiger partial charge in [-0.25, -0.2) is 0 Å². The summed E-state index contributed by atoms with van der Waals surface area (Å²) in [6, 6.07) is 6.39. The summed E-state index contributed by atoms with van der Waals surface area (Å²) < 4.78 is 4.90. The van der Waals surface area contributed by atoms with Gasteiger partial charge in [0, 0.05) is 0 Å². The molecule has 0 aromatic heterocycles. The van der Waals surface area contributed by atoms with Crippen LogP contribution in [0.25, 0.3) is 0 Å². The van der Waals surface area contributed by atoms with Gasteiger partial charge >= 0.3 is 5.97 Å². The molecule has 1 heterocycles. The number of hydrogen-bond donors (Lipinski definition) is 0. The molecule has 1 atom stereocenters. The predicted molar refractivity (Wildman–Crippen MR) is 50.6 cm³/mol. The van der Waals surface area contributed by atoms with Crippen LogP contribution in [0.15, 0.2) is 24.3 Å². The number of esters is 1. The van der Waals surface area contributed by atoms with Gasteiger partial charge in [0.2, 0.25) is 0 Å². The Morgan fingerprint density at radius 3 is 2.60 bits per heavy atom. The molecular weight excluding hydrogens is 196 g/mol. The highest BCUT2D eigenvalue weighted by Crippen LogP contribution is 2.27. The van der Waals surface area contributed by atoms with Crippen molar-refractivity contribution in [1.29, 1.82) is 0 Å². The van der Waals surface area contributed by atoms with E-state index in [-0.39, 0.29) is 11.3 Å². The fourth-order valence-electron chi connectivity index (χ4n) is 1.54. The highest BCUT2D eigenvalue weighted by molar-refractivity contribution is 6.24. The Bertz CT molecular complexity index is 461. The molecule has 0 radical (unpaired) electrons. The third-order valence-electron chi connectivity index (χ3n) is 2.27. The van der Waals surface area contributed by atoms with E-state index in [9.17, 15) is 14.4 Å². The number of rotatable bonds is 1. The lowest BCUT2D eigenvalue weighted by atomic mass is 9.92. The molecule has 76 valence electrons. The van der Waals surface area contributed by atoms with Crippen molar-refractivity contribution in [2.45, 2.75) is 6.92 Å². The lowest BCUT2D eigenvalue weighted by Gasteiger charge is -2.19. The molecule has 0 bridgehead atoms. The van der Waals surface area contributed by atoms with Crippen LogP contribution in [-0.4, -0.2) is 17.5 Å². The Morgan fingerprint density at radius 2 is 1.93 bits per heavy atom. The van der Waals surface area contributed by atoms with E-state index < -0.39 is 23.5 Å². The zero-order valence-electron chi connectivity index (χ0n) is 8.02. The van der Waals surface area contributed by atoms with Crippen molar-refractivity contribution in [3.63, 3.8) is 0 Å². The van der Waals surface area contributed by atoms with E-state index in [0.717, 1.165) is 0 Å². The smallest absolute Gasteiger partial charge is 0.329 e. The number of carbonyl (C=O) groups is 3. The van der Waals surface area contributed by atoms with Crippen LogP contribution < -0.4 is 4.74 Å². The quantitative estimate of drug-likeness (QED) is 0.389. The van der Waals surface area contributed by atoms with E-state index in [1.807, 2.05) is 0 Å². The Hall–Kier alpha value is -1.97. The summed E-state index contributed by atoms with van der Waals surface area (Å²) in [6.45, 7) is 1.21. The lowest BCUT2D eigenvalue weighted by molar-refractivity contribution is -0.141. The van der Waals surface area contributed by atoms with E-state index in [1.165, 1.54) is 13.0 Å². The monoisotopic (exact) mass is 204 g/mol. The van der Waals surface area contributed by atoms with Gasteiger partial charge in [-0.15, -0.1) is 0 Å². The van der Waals surface area contributed by atoms with Gasteiger partial charge in [-0.3, -0.25) is 14.4 Å². The largest absolute Gasteiger partial charge is 0.425 e. The third-order valence-corrected chi connectivity index (χ3v) is 2.27. The van der Waals surface area contributed by atoms with Crippen LogP contribution >= 0.6 is 0 Å². The molecule has 0 fully saturated rings. The summed E-state index contributed by atoms with van der Waals surface area (Å²) >= 11 is 0. The molecule has 0 aliphatic carbocycles. The summed E-state index contributed by atoms with van der Waals surface area (Å²) in [4.78, 5) is 34.2. The second-order valence-corrected chi connectivity index (χ2v) is 3.33. The van der Waals surface area contributed by atoms with Crippen molar-refractivity contribution in [2.75, 3.05) is 0 Å². The lowest BCUT2D eigenvalue weighted by Crippen LogP contribution is -2.37. The molecule has 0 N–H and O–H groups in total. The maximum Gasteiger partial charge on any atom is 0.329 e. The van der Waals surface area contributed by atoms with Crippen molar-refractivity contribution >= 4 is 17.5 Å². The minimum absolute atomic E-state index is 0.227. The minimum Gasteiger partial charge on any atom is -0.425 e. The number of hydrogen-bond acceptors (Lipinski definition) is 4. The molecule has 1 unspecified atom stereocenters. The molecule has 2 rings (SSSR count). The molecule has 1 aromatic rings. The van der Waals surface area contributed by atoms with E-state index >= 15 is 0 Å².